The predicted molar refractivity (Wildman–Crippen MR) is 65.6 cm³/mol. The molecule has 0 spiro atoms. The van der Waals surface area contributed by atoms with E-state index in [-0.39, 0.29) is 0 Å². The Kier molecular flexibility index (Phi) is 3.22. The van der Waals surface area contributed by atoms with Gasteiger partial charge in [0.05, 0.1) is 0 Å². The van der Waals surface area contributed by atoms with Crippen LogP contribution in [0.15, 0.2) is 24.5 Å². The first kappa shape index (κ1) is 12.0. The van der Waals surface area contributed by atoms with Gasteiger partial charge in [0.25, 0.3) is 0 Å². The molecule has 7 heteroatoms. The lowest BCUT2D eigenvalue weighted by Crippen LogP contribution is -2.05. The van der Waals surface area contributed by atoms with E-state index in [4.69, 9.17) is 5.73 Å². The lowest BCUT2D eigenvalue weighted by Gasteiger charge is -2.10. The van der Waals surface area contributed by atoms with Gasteiger partial charge in [-0.25, -0.2) is 18.7 Å². The number of nitrogens with zero attached hydrogens (tertiary/aromatic N) is 2. The highest BCUT2D eigenvalue weighted by atomic mass is 19.2. The SMILES string of the molecule is CNc1ncnc(Nc2ccc(F)c(F)c2)c1N. The van der Waals surface area contributed by atoms with Crippen LogP contribution in [0.25, 0.3) is 0 Å². The molecule has 0 saturated heterocycles. The summed E-state index contributed by atoms with van der Waals surface area (Å²) in [5.74, 6) is -1.08. The number of halogens is 2. The second kappa shape index (κ2) is 4.82. The molecule has 0 atom stereocenters. The van der Waals surface area contributed by atoms with Gasteiger partial charge in [-0.15, -0.1) is 0 Å². The Labute approximate surface area is 102 Å². The summed E-state index contributed by atoms with van der Waals surface area (Å²) >= 11 is 0. The molecular weight excluding hydrogens is 240 g/mol. The smallest absolute Gasteiger partial charge is 0.160 e. The van der Waals surface area contributed by atoms with E-state index < -0.39 is 11.6 Å². The molecule has 0 fully saturated rings. The minimum Gasteiger partial charge on any atom is -0.393 e. The maximum absolute atomic E-state index is 13.0. The van der Waals surface area contributed by atoms with Gasteiger partial charge in [0.1, 0.15) is 12.0 Å². The summed E-state index contributed by atoms with van der Waals surface area (Å²) in [6, 6.07) is 3.43. The summed E-state index contributed by atoms with van der Waals surface area (Å²) in [6.45, 7) is 0. The molecular formula is C11H11F2N5. The molecule has 0 aliphatic heterocycles. The van der Waals surface area contributed by atoms with Crippen LogP contribution in [-0.4, -0.2) is 17.0 Å². The van der Waals surface area contributed by atoms with Crippen molar-refractivity contribution in [1.29, 1.82) is 0 Å². The Morgan fingerprint density at radius 3 is 2.50 bits per heavy atom. The van der Waals surface area contributed by atoms with Gasteiger partial charge in [0.15, 0.2) is 23.3 Å². The Bertz CT molecular complexity index is 573. The van der Waals surface area contributed by atoms with Gasteiger partial charge in [-0.3, -0.25) is 0 Å². The summed E-state index contributed by atoms with van der Waals surface area (Å²) in [7, 11) is 1.67. The van der Waals surface area contributed by atoms with Crippen LogP contribution in [0.4, 0.5) is 31.8 Å². The summed E-state index contributed by atoms with van der Waals surface area (Å²) in [5, 5.41) is 5.58. The third-order valence-corrected chi connectivity index (χ3v) is 2.30. The van der Waals surface area contributed by atoms with E-state index in [0.29, 0.717) is 23.0 Å². The average Bonchev–Trinajstić information content (AvgIpc) is 2.36. The van der Waals surface area contributed by atoms with Gasteiger partial charge < -0.3 is 16.4 Å². The normalized spacial score (nSPS) is 10.2. The van der Waals surface area contributed by atoms with Crippen LogP contribution in [0, 0.1) is 11.6 Å². The molecule has 18 heavy (non-hydrogen) atoms. The molecule has 0 aliphatic rings. The fourth-order valence-corrected chi connectivity index (χ4v) is 1.41. The molecule has 0 aliphatic carbocycles. The molecule has 4 N–H and O–H groups in total. The van der Waals surface area contributed by atoms with Crippen LogP contribution in [0.1, 0.15) is 0 Å². The van der Waals surface area contributed by atoms with Gasteiger partial charge in [-0.05, 0) is 12.1 Å². The first-order chi connectivity index (χ1) is 8.61. The average molecular weight is 251 g/mol. The number of anilines is 4. The maximum atomic E-state index is 13.0. The molecule has 0 bridgehead atoms. The molecule has 0 unspecified atom stereocenters. The lowest BCUT2D eigenvalue weighted by molar-refractivity contribution is 0.509. The van der Waals surface area contributed by atoms with Crippen molar-refractivity contribution in [3.05, 3.63) is 36.2 Å². The topological polar surface area (TPSA) is 75.9 Å². The van der Waals surface area contributed by atoms with Gasteiger partial charge in [0.2, 0.25) is 0 Å². The number of hydrogen-bond acceptors (Lipinski definition) is 5. The first-order valence-electron chi connectivity index (χ1n) is 5.12. The van der Waals surface area contributed by atoms with E-state index in [1.165, 1.54) is 12.4 Å². The highest BCUT2D eigenvalue weighted by molar-refractivity contribution is 5.77. The summed E-state index contributed by atoms with van der Waals surface area (Å²) < 4.78 is 25.8. The molecule has 2 aromatic rings. The van der Waals surface area contributed by atoms with Crippen LogP contribution in [0.3, 0.4) is 0 Å². The van der Waals surface area contributed by atoms with E-state index in [2.05, 4.69) is 20.6 Å². The summed E-state index contributed by atoms with van der Waals surface area (Å²) in [4.78, 5) is 7.84. The molecule has 2 rings (SSSR count). The van der Waals surface area contributed by atoms with E-state index in [1.807, 2.05) is 0 Å². The van der Waals surface area contributed by atoms with Crippen molar-refractivity contribution < 1.29 is 8.78 Å². The molecule has 1 heterocycles. The highest BCUT2D eigenvalue weighted by Gasteiger charge is 2.08. The Hall–Kier alpha value is -2.44. The number of nitrogens with one attached hydrogen (secondary N) is 2. The van der Waals surface area contributed by atoms with Crippen LogP contribution >= 0.6 is 0 Å². The van der Waals surface area contributed by atoms with Crippen LogP contribution in [0.2, 0.25) is 0 Å². The summed E-state index contributed by atoms with van der Waals surface area (Å²) in [5.41, 5.74) is 6.44. The van der Waals surface area contributed by atoms with E-state index >= 15 is 0 Å². The van der Waals surface area contributed by atoms with Crippen LogP contribution < -0.4 is 16.4 Å². The largest absolute Gasteiger partial charge is 0.393 e. The zero-order chi connectivity index (χ0) is 13.1. The monoisotopic (exact) mass is 251 g/mol. The van der Waals surface area contributed by atoms with E-state index in [1.54, 1.807) is 7.05 Å². The Morgan fingerprint density at radius 1 is 1.11 bits per heavy atom. The molecule has 1 aromatic carbocycles. The first-order valence-corrected chi connectivity index (χ1v) is 5.12. The van der Waals surface area contributed by atoms with E-state index in [0.717, 1.165) is 12.1 Å². The van der Waals surface area contributed by atoms with Crippen molar-refractivity contribution in [2.45, 2.75) is 0 Å². The lowest BCUT2D eigenvalue weighted by atomic mass is 10.3. The number of hydrogen-bond donors (Lipinski definition) is 3. The van der Waals surface area contributed by atoms with Crippen molar-refractivity contribution in [2.75, 3.05) is 23.4 Å². The quantitative estimate of drug-likeness (QED) is 0.779. The molecule has 0 saturated carbocycles. The molecule has 0 radical (unpaired) electrons. The third kappa shape index (κ3) is 2.29. The number of aromatic nitrogens is 2. The zero-order valence-corrected chi connectivity index (χ0v) is 9.54. The second-order valence-corrected chi connectivity index (χ2v) is 3.49. The standard InChI is InChI=1S/C11H11F2N5/c1-15-10-9(14)11(17-5-16-10)18-6-2-3-7(12)8(13)4-6/h2-5H,14H2,1H3,(H2,15,16,17,18). The zero-order valence-electron chi connectivity index (χ0n) is 9.54. The third-order valence-electron chi connectivity index (χ3n) is 2.30. The molecule has 0 amide bonds. The molecule has 5 nitrogen and oxygen atoms in total. The fraction of sp³-hybridized carbons (Fsp3) is 0.0909. The van der Waals surface area contributed by atoms with E-state index in [9.17, 15) is 8.78 Å². The Morgan fingerprint density at radius 2 is 1.83 bits per heavy atom. The highest BCUT2D eigenvalue weighted by Crippen LogP contribution is 2.25. The number of nitrogen functional groups attached to an aromatic ring is 1. The molecule has 94 valence electrons. The van der Waals surface area contributed by atoms with Gasteiger partial charge in [0, 0.05) is 18.8 Å². The van der Waals surface area contributed by atoms with Gasteiger partial charge in [-0.2, -0.15) is 0 Å². The number of benzene rings is 1. The van der Waals surface area contributed by atoms with Gasteiger partial charge in [-0.1, -0.05) is 0 Å². The predicted octanol–water partition coefficient (Wildman–Crippen LogP) is 2.12. The molecule has 1 aromatic heterocycles. The second-order valence-electron chi connectivity index (χ2n) is 3.49. The van der Waals surface area contributed by atoms with Crippen molar-refractivity contribution in [3.8, 4) is 0 Å². The van der Waals surface area contributed by atoms with Crippen molar-refractivity contribution >= 4 is 23.0 Å². The fourth-order valence-electron chi connectivity index (χ4n) is 1.41. The minimum absolute atomic E-state index is 0.296. The van der Waals surface area contributed by atoms with Crippen molar-refractivity contribution in [1.82, 2.24) is 9.97 Å². The Balaban J connectivity index is 2.31. The minimum atomic E-state index is -0.943. The van der Waals surface area contributed by atoms with Crippen molar-refractivity contribution in [2.24, 2.45) is 0 Å². The number of nitrogens with two attached hydrogens (primary N) is 1. The number of rotatable bonds is 3. The maximum Gasteiger partial charge on any atom is 0.160 e. The van der Waals surface area contributed by atoms with Crippen LogP contribution in [-0.2, 0) is 0 Å². The van der Waals surface area contributed by atoms with Gasteiger partial charge >= 0.3 is 0 Å². The summed E-state index contributed by atoms with van der Waals surface area (Å²) in [6.07, 6.45) is 1.31. The van der Waals surface area contributed by atoms with Crippen LogP contribution in [0.5, 0.6) is 0 Å². The van der Waals surface area contributed by atoms with Crippen molar-refractivity contribution in [3.63, 3.8) is 0 Å².